The number of non-ortho nitro benzene ring substituents is 1. The van der Waals surface area contributed by atoms with E-state index in [4.69, 9.17) is 5.11 Å². The Labute approximate surface area is 102 Å². The van der Waals surface area contributed by atoms with Crippen LogP contribution in [0.25, 0.3) is 0 Å². The van der Waals surface area contributed by atoms with Gasteiger partial charge in [-0.15, -0.1) is 0 Å². The molecular formula is C11H10N2O5. The molecule has 0 bridgehead atoms. The summed E-state index contributed by atoms with van der Waals surface area (Å²) in [5.74, 6) is -1.55. The van der Waals surface area contributed by atoms with Crippen molar-refractivity contribution in [3.63, 3.8) is 0 Å². The first-order chi connectivity index (χ1) is 8.41. The van der Waals surface area contributed by atoms with E-state index < -0.39 is 10.9 Å². The lowest BCUT2D eigenvalue weighted by atomic mass is 10.1. The second-order valence-corrected chi connectivity index (χ2v) is 3.98. The van der Waals surface area contributed by atoms with Gasteiger partial charge >= 0.3 is 5.97 Å². The number of amides is 1. The third-order valence-electron chi connectivity index (χ3n) is 2.87. The van der Waals surface area contributed by atoms with Gasteiger partial charge in [-0.25, -0.2) is 4.79 Å². The number of carbonyl (C=O) groups excluding carboxylic acids is 1. The summed E-state index contributed by atoms with van der Waals surface area (Å²) in [7, 11) is 0. The van der Waals surface area contributed by atoms with Crippen molar-refractivity contribution < 1.29 is 19.6 Å². The van der Waals surface area contributed by atoms with Gasteiger partial charge in [0.25, 0.3) is 5.69 Å². The van der Waals surface area contributed by atoms with Crippen molar-refractivity contribution in [2.24, 2.45) is 0 Å². The topological polar surface area (TPSA) is 101 Å². The van der Waals surface area contributed by atoms with E-state index in [1.807, 2.05) is 0 Å². The highest BCUT2D eigenvalue weighted by atomic mass is 16.6. The number of nitro benzene ring substituents is 1. The van der Waals surface area contributed by atoms with Crippen LogP contribution < -0.4 is 4.90 Å². The maximum Gasteiger partial charge on any atom is 0.338 e. The molecule has 0 unspecified atom stereocenters. The SMILES string of the molecule is CC(=O)N1CCc2cc([N+](=O)[O-])cc(C(=O)O)c21. The number of carbonyl (C=O) groups is 2. The van der Waals surface area contributed by atoms with Crippen LogP contribution in [-0.2, 0) is 11.2 Å². The van der Waals surface area contributed by atoms with Crippen molar-refractivity contribution in [1.82, 2.24) is 0 Å². The highest BCUT2D eigenvalue weighted by Gasteiger charge is 2.30. The lowest BCUT2D eigenvalue weighted by Crippen LogP contribution is -2.27. The van der Waals surface area contributed by atoms with Crippen molar-refractivity contribution in [2.45, 2.75) is 13.3 Å². The number of benzene rings is 1. The molecule has 0 atom stereocenters. The average molecular weight is 250 g/mol. The molecule has 7 heteroatoms. The minimum Gasteiger partial charge on any atom is -0.478 e. The van der Waals surface area contributed by atoms with Gasteiger partial charge in [0, 0.05) is 25.6 Å². The number of nitro groups is 1. The molecule has 0 aliphatic carbocycles. The molecule has 7 nitrogen and oxygen atoms in total. The van der Waals surface area contributed by atoms with Gasteiger partial charge in [-0.1, -0.05) is 0 Å². The molecule has 0 spiro atoms. The van der Waals surface area contributed by atoms with Gasteiger partial charge in [0.05, 0.1) is 16.2 Å². The molecule has 0 radical (unpaired) electrons. The number of rotatable bonds is 2. The molecule has 1 aliphatic rings. The highest BCUT2D eigenvalue weighted by molar-refractivity contribution is 6.04. The van der Waals surface area contributed by atoms with Crippen LogP contribution in [0.3, 0.4) is 0 Å². The summed E-state index contributed by atoms with van der Waals surface area (Å²) in [5.41, 5.74) is 0.334. The van der Waals surface area contributed by atoms with Crippen molar-refractivity contribution in [3.05, 3.63) is 33.4 Å². The number of aromatic carboxylic acids is 1. The van der Waals surface area contributed by atoms with Crippen LogP contribution in [0.4, 0.5) is 11.4 Å². The fourth-order valence-electron chi connectivity index (χ4n) is 2.11. The van der Waals surface area contributed by atoms with Crippen molar-refractivity contribution >= 4 is 23.3 Å². The van der Waals surface area contributed by atoms with Crippen LogP contribution >= 0.6 is 0 Å². The van der Waals surface area contributed by atoms with E-state index >= 15 is 0 Å². The molecule has 0 saturated heterocycles. The molecule has 1 N–H and O–H groups in total. The summed E-state index contributed by atoms with van der Waals surface area (Å²) in [6, 6.07) is 2.31. The van der Waals surface area contributed by atoms with E-state index in [9.17, 15) is 19.7 Å². The standard InChI is InChI=1S/C11H10N2O5/c1-6(14)12-3-2-7-4-8(13(17)18)5-9(10(7)12)11(15)16/h4-5H,2-3H2,1H3,(H,15,16). The van der Waals surface area contributed by atoms with E-state index in [-0.39, 0.29) is 22.8 Å². The zero-order valence-corrected chi connectivity index (χ0v) is 9.54. The summed E-state index contributed by atoms with van der Waals surface area (Å²) in [6.45, 7) is 1.69. The van der Waals surface area contributed by atoms with Crippen molar-refractivity contribution in [2.75, 3.05) is 11.4 Å². The van der Waals surface area contributed by atoms with Crippen LogP contribution in [0.2, 0.25) is 0 Å². The van der Waals surface area contributed by atoms with Crippen LogP contribution in [0.15, 0.2) is 12.1 Å². The Kier molecular flexibility index (Phi) is 2.74. The molecule has 2 rings (SSSR count). The molecule has 0 aromatic heterocycles. The molecular weight excluding hydrogens is 240 g/mol. The molecule has 1 amide bonds. The predicted molar refractivity (Wildman–Crippen MR) is 61.8 cm³/mol. The van der Waals surface area contributed by atoms with E-state index in [0.717, 1.165) is 6.07 Å². The second kappa shape index (κ2) is 4.10. The second-order valence-electron chi connectivity index (χ2n) is 3.98. The first-order valence-corrected chi connectivity index (χ1v) is 5.24. The summed E-state index contributed by atoms with van der Waals surface area (Å²) in [5, 5.41) is 19.8. The number of carboxylic acids is 1. The molecule has 0 saturated carbocycles. The van der Waals surface area contributed by atoms with E-state index in [2.05, 4.69) is 0 Å². The predicted octanol–water partition coefficient (Wildman–Crippen LogP) is 1.20. The largest absolute Gasteiger partial charge is 0.478 e. The van der Waals surface area contributed by atoms with Gasteiger partial charge in [0.15, 0.2) is 0 Å². The minimum absolute atomic E-state index is 0.202. The highest BCUT2D eigenvalue weighted by Crippen LogP contribution is 2.35. The number of hydrogen-bond donors (Lipinski definition) is 1. The normalized spacial score (nSPS) is 13.3. The van der Waals surface area contributed by atoms with E-state index in [1.165, 1.54) is 17.9 Å². The molecule has 1 aromatic rings. The lowest BCUT2D eigenvalue weighted by molar-refractivity contribution is -0.384. The summed E-state index contributed by atoms with van der Waals surface area (Å²) < 4.78 is 0. The minimum atomic E-state index is -1.27. The zero-order valence-electron chi connectivity index (χ0n) is 9.54. The fourth-order valence-corrected chi connectivity index (χ4v) is 2.11. The molecule has 94 valence electrons. The van der Waals surface area contributed by atoms with Crippen LogP contribution in [0.5, 0.6) is 0 Å². The summed E-state index contributed by atoms with van der Waals surface area (Å²) >= 11 is 0. The summed E-state index contributed by atoms with van der Waals surface area (Å²) in [4.78, 5) is 34.0. The number of anilines is 1. The molecule has 18 heavy (non-hydrogen) atoms. The van der Waals surface area contributed by atoms with Gasteiger partial charge in [0.1, 0.15) is 0 Å². The summed E-state index contributed by atoms with van der Waals surface area (Å²) in [6.07, 6.45) is 0.427. The van der Waals surface area contributed by atoms with Gasteiger partial charge < -0.3 is 10.0 Å². The van der Waals surface area contributed by atoms with Crippen LogP contribution in [0.1, 0.15) is 22.8 Å². The molecule has 1 heterocycles. The third kappa shape index (κ3) is 1.79. The number of fused-ring (bicyclic) bond motifs is 1. The van der Waals surface area contributed by atoms with Gasteiger partial charge in [-0.2, -0.15) is 0 Å². The third-order valence-corrected chi connectivity index (χ3v) is 2.87. The zero-order chi connectivity index (χ0) is 13.4. The number of hydrogen-bond acceptors (Lipinski definition) is 4. The Balaban J connectivity index is 2.66. The van der Waals surface area contributed by atoms with E-state index in [1.54, 1.807) is 0 Å². The monoisotopic (exact) mass is 250 g/mol. The van der Waals surface area contributed by atoms with Gasteiger partial charge in [0.2, 0.25) is 5.91 Å². The Hall–Kier alpha value is -2.44. The molecule has 0 fully saturated rings. The maximum atomic E-state index is 11.4. The van der Waals surface area contributed by atoms with Crippen molar-refractivity contribution in [1.29, 1.82) is 0 Å². The average Bonchev–Trinajstić information content (AvgIpc) is 2.70. The first kappa shape index (κ1) is 12.0. The number of carboxylic acid groups (broad SMARTS) is 1. The van der Waals surface area contributed by atoms with Gasteiger partial charge in [-0.3, -0.25) is 14.9 Å². The smallest absolute Gasteiger partial charge is 0.338 e. The van der Waals surface area contributed by atoms with Crippen LogP contribution in [-0.4, -0.2) is 28.5 Å². The van der Waals surface area contributed by atoms with Crippen molar-refractivity contribution in [3.8, 4) is 0 Å². The Morgan fingerprint density at radius 2 is 2.11 bits per heavy atom. The Morgan fingerprint density at radius 3 is 2.61 bits per heavy atom. The van der Waals surface area contributed by atoms with Crippen LogP contribution in [0, 0.1) is 10.1 Å². The fraction of sp³-hybridized carbons (Fsp3) is 0.273. The maximum absolute atomic E-state index is 11.4. The van der Waals surface area contributed by atoms with Gasteiger partial charge in [-0.05, 0) is 12.0 Å². The van der Waals surface area contributed by atoms with E-state index in [0.29, 0.717) is 18.5 Å². The molecule has 1 aliphatic heterocycles. The molecule has 1 aromatic carbocycles. The lowest BCUT2D eigenvalue weighted by Gasteiger charge is -2.16. The Bertz CT molecular complexity index is 567. The Morgan fingerprint density at radius 1 is 1.44 bits per heavy atom. The quantitative estimate of drug-likeness (QED) is 0.627. The first-order valence-electron chi connectivity index (χ1n) is 5.24. The number of nitrogens with zero attached hydrogens (tertiary/aromatic N) is 2.